The van der Waals surface area contributed by atoms with Crippen LogP contribution in [0, 0.1) is 11.3 Å². The minimum Gasteiger partial charge on any atom is -0.382 e. The Balaban J connectivity index is 1.75. The van der Waals surface area contributed by atoms with Gasteiger partial charge in [-0.2, -0.15) is 5.26 Å². The second-order valence-corrected chi connectivity index (χ2v) is 7.09. The van der Waals surface area contributed by atoms with E-state index in [-0.39, 0.29) is 6.04 Å². The van der Waals surface area contributed by atoms with Crippen LogP contribution in [0.4, 0.5) is 10.1 Å². The molecule has 0 amide bonds. The third-order valence-electron chi connectivity index (χ3n) is 4.43. The Hall–Kier alpha value is -3.87. The average Bonchev–Trinajstić information content (AvgIpc) is 3.38. The zero-order valence-corrected chi connectivity index (χ0v) is 16.6. The van der Waals surface area contributed by atoms with Gasteiger partial charge in [-0.25, -0.2) is 15.0 Å². The number of hydrogen-bond donors (Lipinski definition) is 1. The van der Waals surface area contributed by atoms with Crippen molar-refractivity contribution in [2.45, 2.75) is 32.9 Å². The van der Waals surface area contributed by atoms with Crippen molar-refractivity contribution in [2.24, 2.45) is 0 Å². The monoisotopic (exact) mass is 405 g/mol. The lowest BCUT2D eigenvalue weighted by Gasteiger charge is -2.15. The van der Waals surface area contributed by atoms with E-state index in [1.54, 1.807) is 34.0 Å². The van der Waals surface area contributed by atoms with Crippen molar-refractivity contribution >= 4 is 16.9 Å². The second-order valence-electron chi connectivity index (χ2n) is 7.09. The van der Waals surface area contributed by atoms with Crippen LogP contribution in [-0.4, -0.2) is 47.2 Å². The molecule has 0 aromatic carbocycles. The number of nitrogens with one attached hydrogen (secondary N) is 1. The molecular formula is C20H20FN9. The number of rotatable bonds is 7. The zero-order chi connectivity index (χ0) is 21.1. The molecule has 9 nitrogen and oxygen atoms in total. The molecule has 0 fully saturated rings. The lowest BCUT2D eigenvalue weighted by Crippen LogP contribution is -2.12. The molecule has 30 heavy (non-hydrogen) atoms. The summed E-state index contributed by atoms with van der Waals surface area (Å²) in [5.41, 5.74) is 3.97. The molecule has 4 aromatic heterocycles. The first kappa shape index (κ1) is 19.4. The quantitative estimate of drug-likeness (QED) is 0.503. The van der Waals surface area contributed by atoms with Crippen molar-refractivity contribution in [1.82, 2.24) is 34.5 Å². The molecule has 1 N–H and O–H groups in total. The number of imidazole rings is 1. The summed E-state index contributed by atoms with van der Waals surface area (Å²) in [6.45, 7) is 4.16. The van der Waals surface area contributed by atoms with Crippen LogP contribution in [0.1, 0.15) is 25.8 Å². The lowest BCUT2D eigenvalue weighted by molar-refractivity contribution is 0.431. The molecule has 0 saturated carbocycles. The maximum absolute atomic E-state index is 12.4. The first-order valence-corrected chi connectivity index (χ1v) is 9.55. The van der Waals surface area contributed by atoms with Gasteiger partial charge in [0.2, 0.25) is 0 Å². The van der Waals surface area contributed by atoms with E-state index in [1.807, 2.05) is 19.9 Å². The van der Waals surface area contributed by atoms with E-state index in [1.165, 1.54) is 6.20 Å². The van der Waals surface area contributed by atoms with Crippen molar-refractivity contribution in [3.63, 3.8) is 0 Å². The smallest absolute Gasteiger partial charge is 0.165 e. The van der Waals surface area contributed by atoms with Gasteiger partial charge in [-0.1, -0.05) is 5.21 Å². The second kappa shape index (κ2) is 8.24. The fourth-order valence-electron chi connectivity index (χ4n) is 3.09. The summed E-state index contributed by atoms with van der Waals surface area (Å²) in [5, 5.41) is 20.8. The molecular weight excluding hydrogens is 385 g/mol. The Morgan fingerprint density at radius 2 is 2.07 bits per heavy atom. The molecule has 0 aliphatic carbocycles. The van der Waals surface area contributed by atoms with Gasteiger partial charge in [0.15, 0.2) is 5.65 Å². The van der Waals surface area contributed by atoms with Gasteiger partial charge in [0.05, 0.1) is 18.4 Å². The molecule has 0 unspecified atom stereocenters. The van der Waals surface area contributed by atoms with Gasteiger partial charge in [-0.15, -0.1) is 5.10 Å². The minimum atomic E-state index is -0.394. The number of aryl methyl sites for hydroxylation is 1. The van der Waals surface area contributed by atoms with E-state index in [0.29, 0.717) is 41.2 Å². The zero-order valence-electron chi connectivity index (χ0n) is 16.6. The normalized spacial score (nSPS) is 11.2. The SMILES string of the molecule is CC(C)Nc1cc(-n2cnc3cc(C#N)cnc32)ncc1-c1cn(CCCF)nn1. The number of aromatic nitrogens is 7. The summed E-state index contributed by atoms with van der Waals surface area (Å²) < 4.78 is 15.8. The van der Waals surface area contributed by atoms with E-state index in [9.17, 15) is 4.39 Å². The van der Waals surface area contributed by atoms with E-state index >= 15 is 0 Å². The van der Waals surface area contributed by atoms with Crippen LogP contribution in [0.15, 0.2) is 37.1 Å². The molecule has 0 saturated heterocycles. The fraction of sp³-hybridized carbons (Fsp3) is 0.300. The van der Waals surface area contributed by atoms with Crippen LogP contribution in [0.25, 0.3) is 28.2 Å². The summed E-state index contributed by atoms with van der Waals surface area (Å²) >= 11 is 0. The average molecular weight is 405 g/mol. The highest BCUT2D eigenvalue weighted by molar-refractivity contribution is 5.78. The standard InChI is InChI=1S/C20H20FN9/c1-13(2)26-16-7-19(30-12-25-17-6-14(8-22)9-24-20(17)30)23-10-15(16)18-11-29(28-27-18)5-3-4-21/h6-7,9-13H,3-5H2,1-2H3,(H,23,26). The Kier molecular flexibility index (Phi) is 5.34. The molecule has 0 atom stereocenters. The van der Waals surface area contributed by atoms with Crippen LogP contribution in [0.5, 0.6) is 0 Å². The van der Waals surface area contributed by atoms with Crippen molar-refractivity contribution in [3.05, 3.63) is 42.6 Å². The highest BCUT2D eigenvalue weighted by atomic mass is 19.1. The minimum absolute atomic E-state index is 0.177. The number of nitriles is 1. The van der Waals surface area contributed by atoms with E-state index in [0.717, 1.165) is 11.3 Å². The molecule has 0 aliphatic heterocycles. The number of fused-ring (bicyclic) bond motifs is 1. The van der Waals surface area contributed by atoms with Crippen molar-refractivity contribution in [1.29, 1.82) is 5.26 Å². The highest BCUT2D eigenvalue weighted by Gasteiger charge is 2.15. The van der Waals surface area contributed by atoms with Crippen LogP contribution >= 0.6 is 0 Å². The Morgan fingerprint density at radius 3 is 2.83 bits per heavy atom. The van der Waals surface area contributed by atoms with Gasteiger partial charge in [-0.3, -0.25) is 13.6 Å². The summed E-state index contributed by atoms with van der Waals surface area (Å²) in [4.78, 5) is 13.3. The third-order valence-corrected chi connectivity index (χ3v) is 4.43. The first-order chi connectivity index (χ1) is 14.6. The van der Waals surface area contributed by atoms with Crippen LogP contribution in [0.2, 0.25) is 0 Å². The van der Waals surface area contributed by atoms with Crippen molar-refractivity contribution in [3.8, 4) is 23.1 Å². The first-order valence-electron chi connectivity index (χ1n) is 9.55. The highest BCUT2D eigenvalue weighted by Crippen LogP contribution is 2.29. The van der Waals surface area contributed by atoms with E-state index in [4.69, 9.17) is 5.26 Å². The number of halogens is 1. The molecule has 0 aliphatic rings. The Labute approximate surface area is 172 Å². The fourth-order valence-corrected chi connectivity index (χ4v) is 3.09. The van der Waals surface area contributed by atoms with Gasteiger partial charge in [0.1, 0.15) is 29.4 Å². The summed E-state index contributed by atoms with van der Waals surface area (Å²) in [5.74, 6) is 0.631. The molecule has 0 radical (unpaired) electrons. The molecule has 4 rings (SSSR count). The van der Waals surface area contributed by atoms with Gasteiger partial charge in [-0.05, 0) is 26.3 Å². The van der Waals surface area contributed by atoms with Crippen LogP contribution in [0.3, 0.4) is 0 Å². The third kappa shape index (κ3) is 3.82. The van der Waals surface area contributed by atoms with Gasteiger partial charge in [0.25, 0.3) is 0 Å². The van der Waals surface area contributed by atoms with Gasteiger partial charge >= 0.3 is 0 Å². The maximum Gasteiger partial charge on any atom is 0.165 e. The number of hydrogen-bond acceptors (Lipinski definition) is 7. The molecule has 152 valence electrons. The summed E-state index contributed by atoms with van der Waals surface area (Å²) in [6.07, 6.45) is 7.05. The van der Waals surface area contributed by atoms with Crippen LogP contribution in [-0.2, 0) is 6.54 Å². The molecule has 10 heteroatoms. The number of alkyl halides is 1. The molecule has 4 heterocycles. The molecule has 0 spiro atoms. The van der Waals surface area contributed by atoms with Crippen molar-refractivity contribution in [2.75, 3.05) is 12.0 Å². The predicted molar refractivity (Wildman–Crippen MR) is 110 cm³/mol. The lowest BCUT2D eigenvalue weighted by atomic mass is 10.1. The summed E-state index contributed by atoms with van der Waals surface area (Å²) in [6, 6.07) is 5.83. The molecule has 4 aromatic rings. The van der Waals surface area contributed by atoms with E-state index in [2.05, 4.69) is 36.7 Å². The Morgan fingerprint density at radius 1 is 1.20 bits per heavy atom. The predicted octanol–water partition coefficient (Wildman–Crippen LogP) is 3.13. The topological polar surface area (TPSA) is 110 Å². The Bertz CT molecular complexity index is 1220. The largest absolute Gasteiger partial charge is 0.382 e. The van der Waals surface area contributed by atoms with Crippen LogP contribution < -0.4 is 5.32 Å². The maximum atomic E-state index is 12.4. The number of pyridine rings is 2. The molecule has 0 bridgehead atoms. The van der Waals surface area contributed by atoms with Gasteiger partial charge < -0.3 is 5.32 Å². The number of nitrogens with zero attached hydrogens (tertiary/aromatic N) is 8. The van der Waals surface area contributed by atoms with Crippen molar-refractivity contribution < 1.29 is 4.39 Å². The van der Waals surface area contributed by atoms with E-state index < -0.39 is 6.67 Å². The number of anilines is 1. The summed E-state index contributed by atoms with van der Waals surface area (Å²) in [7, 11) is 0. The van der Waals surface area contributed by atoms with Gasteiger partial charge in [0, 0.05) is 42.3 Å².